The molecule has 1 fully saturated rings. The van der Waals surface area contributed by atoms with Gasteiger partial charge in [0.1, 0.15) is 15.9 Å². The van der Waals surface area contributed by atoms with Crippen LogP contribution in [0.3, 0.4) is 0 Å². The molecule has 1 saturated heterocycles. The Hall–Kier alpha value is -3.80. The molecule has 10 nitrogen and oxygen atoms in total. The molecule has 0 N–H and O–H groups in total. The number of ether oxygens (including phenoxy) is 2. The van der Waals surface area contributed by atoms with E-state index in [4.69, 9.17) is 41.0 Å². The summed E-state index contributed by atoms with van der Waals surface area (Å²) in [5, 5.41) is 1.71. The Morgan fingerprint density at radius 1 is 0.932 bits per heavy atom. The lowest BCUT2D eigenvalue weighted by Crippen LogP contribution is -2.46. The van der Waals surface area contributed by atoms with E-state index in [1.165, 1.54) is 11.1 Å². The fourth-order valence-electron chi connectivity index (χ4n) is 5.77. The van der Waals surface area contributed by atoms with E-state index in [0.29, 0.717) is 11.9 Å². The molecule has 0 amide bonds. The van der Waals surface area contributed by atoms with Crippen LogP contribution in [0.2, 0.25) is 0 Å². The van der Waals surface area contributed by atoms with Gasteiger partial charge >= 0.3 is 0 Å². The van der Waals surface area contributed by atoms with Crippen LogP contribution >= 0.6 is 23.4 Å². The van der Waals surface area contributed by atoms with Crippen LogP contribution in [0.15, 0.2) is 63.0 Å². The maximum absolute atomic E-state index is 7.07. The maximum atomic E-state index is 7.07. The van der Waals surface area contributed by atoms with Crippen molar-refractivity contribution in [2.45, 2.75) is 24.0 Å². The zero-order chi connectivity index (χ0) is 30.5. The summed E-state index contributed by atoms with van der Waals surface area (Å²) in [7, 11) is 7.82. The van der Waals surface area contributed by atoms with Crippen molar-refractivity contribution >= 4 is 51.7 Å². The Balaban J connectivity index is 1.27. The number of anilines is 2. The number of benzene rings is 2. The first kappa shape index (κ1) is 28.9. The first-order valence-corrected chi connectivity index (χ1v) is 15.9. The molecule has 0 bridgehead atoms. The Morgan fingerprint density at radius 3 is 2.41 bits per heavy atom. The number of guanidine groups is 1. The average molecular weight is 631 g/mol. The minimum Gasteiger partial charge on any atom is -0.454 e. The summed E-state index contributed by atoms with van der Waals surface area (Å²) in [5.74, 6) is 3.82. The molecule has 5 heterocycles. The van der Waals surface area contributed by atoms with E-state index >= 15 is 0 Å². The van der Waals surface area contributed by atoms with Crippen LogP contribution in [0.25, 0.3) is 5.57 Å². The van der Waals surface area contributed by atoms with Crippen molar-refractivity contribution in [2.24, 2.45) is 9.98 Å². The molecule has 12 heteroatoms. The van der Waals surface area contributed by atoms with Crippen LogP contribution < -0.4 is 19.3 Å². The van der Waals surface area contributed by atoms with Crippen molar-refractivity contribution in [1.82, 2.24) is 19.8 Å². The second kappa shape index (κ2) is 11.6. The zero-order valence-electron chi connectivity index (χ0n) is 25.5. The number of nitrogens with zero attached hydrogens (tertiary/aromatic N) is 8. The summed E-state index contributed by atoms with van der Waals surface area (Å²) in [5.41, 5.74) is 5.78. The molecule has 1 atom stereocenters. The normalized spacial score (nSPS) is 19.3. The van der Waals surface area contributed by atoms with E-state index in [1.54, 1.807) is 11.8 Å². The van der Waals surface area contributed by atoms with Crippen molar-refractivity contribution in [3.05, 3.63) is 70.3 Å². The van der Waals surface area contributed by atoms with Gasteiger partial charge in [0.05, 0.1) is 5.56 Å². The molecule has 4 aliphatic rings. The molecular weight excluding hydrogens is 596 g/mol. The molecule has 0 radical (unpaired) electrons. The topological polar surface area (TPSA) is 81.9 Å². The van der Waals surface area contributed by atoms with Gasteiger partial charge in [0.15, 0.2) is 17.0 Å². The maximum Gasteiger partial charge on any atom is 0.231 e. The molecule has 44 heavy (non-hydrogen) atoms. The van der Waals surface area contributed by atoms with Crippen molar-refractivity contribution in [3.8, 4) is 11.5 Å². The van der Waals surface area contributed by atoms with Gasteiger partial charge in [-0.05, 0) is 41.9 Å². The number of alkyl halides is 1. The smallest absolute Gasteiger partial charge is 0.231 e. The number of rotatable bonds is 5. The van der Waals surface area contributed by atoms with Gasteiger partial charge in [0.25, 0.3) is 0 Å². The molecule has 2 aromatic carbocycles. The van der Waals surface area contributed by atoms with Crippen LogP contribution in [-0.4, -0.2) is 97.4 Å². The summed E-state index contributed by atoms with van der Waals surface area (Å²) in [6, 6.07) is 14.8. The van der Waals surface area contributed by atoms with Crippen molar-refractivity contribution in [3.63, 3.8) is 0 Å². The highest BCUT2D eigenvalue weighted by Crippen LogP contribution is 2.48. The van der Waals surface area contributed by atoms with Crippen molar-refractivity contribution in [2.75, 3.05) is 71.0 Å². The molecule has 4 aliphatic heterocycles. The van der Waals surface area contributed by atoms with E-state index in [2.05, 4.69) is 53.1 Å². The third kappa shape index (κ3) is 5.37. The van der Waals surface area contributed by atoms with Gasteiger partial charge in [-0.15, -0.1) is 0 Å². The number of halogens is 1. The number of piperazine rings is 1. The SMILES string of the molecule is Cc1ccc(C2=C3C(=NC(N(C)C)=NC3Cl)Sc3nc(N(C)C)nc(N4CCN(Cc5ccc6c(c5)OCO6)CC4)c32)cc1. The van der Waals surface area contributed by atoms with Crippen LogP contribution in [0.4, 0.5) is 11.8 Å². The fraction of sp³-hybridized carbons (Fsp3) is 0.375. The van der Waals surface area contributed by atoms with Crippen LogP contribution in [0.5, 0.6) is 11.5 Å². The van der Waals surface area contributed by atoms with E-state index in [9.17, 15) is 0 Å². The predicted octanol–water partition coefficient (Wildman–Crippen LogP) is 4.70. The predicted molar refractivity (Wildman–Crippen MR) is 178 cm³/mol. The van der Waals surface area contributed by atoms with E-state index in [1.807, 2.05) is 44.1 Å². The van der Waals surface area contributed by atoms with E-state index in [0.717, 1.165) is 82.4 Å². The summed E-state index contributed by atoms with van der Waals surface area (Å²) in [4.78, 5) is 28.6. The van der Waals surface area contributed by atoms with Crippen LogP contribution in [0, 0.1) is 6.92 Å². The number of hydrogen-bond acceptors (Lipinski definition) is 11. The summed E-state index contributed by atoms with van der Waals surface area (Å²) in [6.45, 7) is 6.69. The molecule has 7 rings (SSSR count). The number of aromatic nitrogens is 2. The number of aryl methyl sites for hydroxylation is 1. The first-order valence-electron chi connectivity index (χ1n) is 14.7. The van der Waals surface area contributed by atoms with Gasteiger partial charge in [0, 0.05) is 72.1 Å². The average Bonchev–Trinajstić information content (AvgIpc) is 3.48. The highest BCUT2D eigenvalue weighted by molar-refractivity contribution is 8.14. The largest absolute Gasteiger partial charge is 0.454 e. The number of fused-ring (bicyclic) bond motifs is 3. The van der Waals surface area contributed by atoms with E-state index in [-0.39, 0.29) is 6.79 Å². The first-order chi connectivity index (χ1) is 21.2. The number of hydrogen-bond donors (Lipinski definition) is 0. The standard InChI is InChI=1S/C32H35ClN8O2S/c1-19-6-9-21(10-7-19)24-25-27(33)34-31(38(2)3)36-29(25)44-30-26(24)28(35-32(37-30)39(4)5)41-14-12-40(13-15-41)17-20-8-11-22-23(16-20)43-18-42-22/h6-11,16,27H,12-15,17-18H2,1-5H3. The Morgan fingerprint density at radius 2 is 1.68 bits per heavy atom. The van der Waals surface area contributed by atoms with Gasteiger partial charge in [0.2, 0.25) is 18.7 Å². The Kier molecular flexibility index (Phi) is 7.63. The monoisotopic (exact) mass is 630 g/mol. The molecule has 228 valence electrons. The third-order valence-electron chi connectivity index (χ3n) is 8.11. The van der Waals surface area contributed by atoms with Crippen LogP contribution in [0.1, 0.15) is 22.3 Å². The molecule has 0 aliphatic carbocycles. The second-order valence-electron chi connectivity index (χ2n) is 11.7. The van der Waals surface area contributed by atoms with E-state index < -0.39 is 5.50 Å². The third-order valence-corrected chi connectivity index (χ3v) is 9.42. The highest BCUT2D eigenvalue weighted by Gasteiger charge is 2.38. The summed E-state index contributed by atoms with van der Waals surface area (Å²) in [6.07, 6.45) is 0. The number of aliphatic imine (C=N–C) groups is 2. The number of thioether (sulfide) groups is 1. The molecular formula is C32H35ClN8O2S. The van der Waals surface area contributed by atoms with Gasteiger partial charge in [-0.25, -0.2) is 15.0 Å². The fourth-order valence-corrected chi connectivity index (χ4v) is 7.19. The summed E-state index contributed by atoms with van der Waals surface area (Å²) >= 11 is 8.62. The Bertz CT molecular complexity index is 1700. The molecule has 0 spiro atoms. The lowest BCUT2D eigenvalue weighted by atomic mass is 9.92. The van der Waals surface area contributed by atoms with Gasteiger partial charge in [-0.2, -0.15) is 4.98 Å². The minimum atomic E-state index is -0.586. The van der Waals surface area contributed by atoms with Gasteiger partial charge in [-0.3, -0.25) is 4.90 Å². The van der Waals surface area contributed by atoms with Gasteiger partial charge in [-0.1, -0.05) is 47.5 Å². The summed E-state index contributed by atoms with van der Waals surface area (Å²) < 4.78 is 11.1. The van der Waals surface area contributed by atoms with Crippen LogP contribution in [-0.2, 0) is 6.54 Å². The second-order valence-corrected chi connectivity index (χ2v) is 13.1. The van der Waals surface area contributed by atoms with Crippen molar-refractivity contribution in [1.29, 1.82) is 0 Å². The Labute approximate surface area is 267 Å². The van der Waals surface area contributed by atoms with Crippen molar-refractivity contribution < 1.29 is 9.47 Å². The lowest BCUT2D eigenvalue weighted by Gasteiger charge is -2.38. The molecule has 1 aromatic heterocycles. The lowest BCUT2D eigenvalue weighted by molar-refractivity contribution is 0.174. The zero-order valence-corrected chi connectivity index (χ0v) is 27.1. The highest BCUT2D eigenvalue weighted by atomic mass is 35.5. The molecule has 0 saturated carbocycles. The molecule has 3 aromatic rings. The molecule has 1 unspecified atom stereocenters. The quantitative estimate of drug-likeness (QED) is 0.226. The van der Waals surface area contributed by atoms with Gasteiger partial charge < -0.3 is 24.2 Å². The minimum absolute atomic E-state index is 0.287.